The Balaban J connectivity index is 1.05. The standard InChI is InChI=1S/C30H31Cl2N5O5S/c1-22-2-9-27(10-3-22)43(38,39)37-14-12-35(13-15-37)24-5-7-25(8-6-24)40-17-26-18-41-30(42-26,19-36-21-33-20-34-36)28-11-4-23(31)16-29(28)32/h2-11,16,20-21,26H,12-15,17-19H2,1H3. The lowest BCUT2D eigenvalue weighted by Crippen LogP contribution is -2.48. The molecule has 10 nitrogen and oxygen atoms in total. The molecule has 226 valence electrons. The number of aromatic nitrogens is 3. The van der Waals surface area contributed by atoms with Gasteiger partial charge in [0.05, 0.1) is 16.5 Å². The molecule has 0 aliphatic carbocycles. The maximum Gasteiger partial charge on any atom is 0.243 e. The average Bonchev–Trinajstić information content (AvgIpc) is 3.67. The number of hydrogen-bond donors (Lipinski definition) is 0. The topological polar surface area (TPSA) is 99.0 Å². The molecule has 2 unspecified atom stereocenters. The second kappa shape index (κ2) is 12.4. The van der Waals surface area contributed by atoms with Gasteiger partial charge in [0.15, 0.2) is 0 Å². The van der Waals surface area contributed by atoms with E-state index in [2.05, 4.69) is 15.0 Å². The zero-order valence-corrected chi connectivity index (χ0v) is 25.8. The Hall–Kier alpha value is -3.19. The van der Waals surface area contributed by atoms with Gasteiger partial charge in [-0.3, -0.25) is 0 Å². The van der Waals surface area contributed by atoms with E-state index in [1.165, 1.54) is 6.33 Å². The Kier molecular flexibility index (Phi) is 8.63. The molecule has 0 saturated carbocycles. The second-order valence-electron chi connectivity index (χ2n) is 10.5. The van der Waals surface area contributed by atoms with Gasteiger partial charge in [0.1, 0.15) is 37.7 Å². The van der Waals surface area contributed by atoms with Crippen LogP contribution in [0.5, 0.6) is 5.75 Å². The minimum absolute atomic E-state index is 0.249. The molecule has 13 heteroatoms. The predicted octanol–water partition coefficient (Wildman–Crippen LogP) is 4.75. The number of aryl methyl sites for hydroxylation is 1. The summed E-state index contributed by atoms with van der Waals surface area (Å²) in [5, 5.41) is 5.15. The lowest BCUT2D eigenvalue weighted by molar-refractivity contribution is -0.190. The summed E-state index contributed by atoms with van der Waals surface area (Å²) >= 11 is 12.7. The first kappa shape index (κ1) is 29.9. The van der Waals surface area contributed by atoms with Crippen molar-refractivity contribution in [2.24, 2.45) is 0 Å². The maximum absolute atomic E-state index is 13.0. The maximum atomic E-state index is 13.0. The number of ether oxygens (including phenoxy) is 3. The number of benzene rings is 3. The van der Waals surface area contributed by atoms with Gasteiger partial charge >= 0.3 is 0 Å². The molecule has 0 N–H and O–H groups in total. The van der Waals surface area contributed by atoms with E-state index in [0.29, 0.717) is 59.0 Å². The van der Waals surface area contributed by atoms with Crippen LogP contribution < -0.4 is 9.64 Å². The quantitative estimate of drug-likeness (QED) is 0.258. The minimum Gasteiger partial charge on any atom is -0.491 e. The average molecular weight is 645 g/mol. The van der Waals surface area contributed by atoms with Gasteiger partial charge in [0, 0.05) is 42.5 Å². The van der Waals surface area contributed by atoms with Gasteiger partial charge in [-0.2, -0.15) is 9.40 Å². The third-order valence-electron chi connectivity index (χ3n) is 7.57. The summed E-state index contributed by atoms with van der Waals surface area (Å²) in [6, 6.07) is 19.9. The molecule has 2 aliphatic rings. The van der Waals surface area contributed by atoms with E-state index in [4.69, 9.17) is 37.4 Å². The molecule has 0 amide bonds. The Bertz CT molecular complexity index is 1650. The van der Waals surface area contributed by atoms with E-state index in [9.17, 15) is 8.42 Å². The van der Waals surface area contributed by atoms with Crippen LogP contribution in [-0.4, -0.2) is 73.0 Å². The molecule has 4 aromatic rings. The summed E-state index contributed by atoms with van der Waals surface area (Å²) < 4.78 is 48.0. The Morgan fingerprint density at radius 3 is 2.42 bits per heavy atom. The SMILES string of the molecule is Cc1ccc(S(=O)(=O)N2CCN(c3ccc(OCC4COC(Cn5cncn5)(c5ccc(Cl)cc5Cl)O4)cc3)CC2)cc1. The van der Waals surface area contributed by atoms with Crippen LogP contribution in [-0.2, 0) is 31.8 Å². The normalized spacial score (nSPS) is 21.3. The summed E-state index contributed by atoms with van der Waals surface area (Å²) in [4.78, 5) is 6.52. The van der Waals surface area contributed by atoms with Crippen LogP contribution in [0.2, 0.25) is 10.0 Å². The van der Waals surface area contributed by atoms with E-state index in [1.807, 2.05) is 43.3 Å². The fraction of sp³-hybridized carbons (Fsp3) is 0.333. The van der Waals surface area contributed by atoms with E-state index in [1.54, 1.807) is 45.6 Å². The highest BCUT2D eigenvalue weighted by Crippen LogP contribution is 2.40. The zero-order valence-electron chi connectivity index (χ0n) is 23.5. The van der Waals surface area contributed by atoms with E-state index in [0.717, 1.165) is 11.3 Å². The van der Waals surface area contributed by atoms with Crippen molar-refractivity contribution in [1.82, 2.24) is 19.1 Å². The fourth-order valence-corrected chi connectivity index (χ4v) is 7.25. The third-order valence-corrected chi connectivity index (χ3v) is 10.0. The van der Waals surface area contributed by atoms with E-state index in [-0.39, 0.29) is 19.3 Å². The van der Waals surface area contributed by atoms with E-state index >= 15 is 0 Å². The van der Waals surface area contributed by atoms with Crippen molar-refractivity contribution in [3.8, 4) is 5.75 Å². The van der Waals surface area contributed by atoms with Gasteiger partial charge < -0.3 is 19.1 Å². The van der Waals surface area contributed by atoms with Crippen LogP contribution in [0.4, 0.5) is 5.69 Å². The van der Waals surface area contributed by atoms with Crippen molar-refractivity contribution in [2.75, 3.05) is 44.3 Å². The molecule has 2 fully saturated rings. The first-order valence-corrected chi connectivity index (χ1v) is 16.1. The van der Waals surface area contributed by atoms with Crippen LogP contribution in [0.1, 0.15) is 11.1 Å². The predicted molar refractivity (Wildman–Crippen MR) is 163 cm³/mol. The number of halogens is 2. The summed E-state index contributed by atoms with van der Waals surface area (Å²) in [7, 11) is -3.51. The lowest BCUT2D eigenvalue weighted by Gasteiger charge is -2.35. The number of sulfonamides is 1. The molecule has 3 aromatic carbocycles. The van der Waals surface area contributed by atoms with Crippen LogP contribution in [0.15, 0.2) is 84.3 Å². The monoisotopic (exact) mass is 643 g/mol. The number of hydrogen-bond acceptors (Lipinski definition) is 8. The van der Waals surface area contributed by atoms with Crippen molar-refractivity contribution in [3.05, 3.63) is 101 Å². The van der Waals surface area contributed by atoms with Gasteiger partial charge in [-0.1, -0.05) is 47.0 Å². The fourth-order valence-electron chi connectivity index (χ4n) is 5.27. The highest BCUT2D eigenvalue weighted by atomic mass is 35.5. The van der Waals surface area contributed by atoms with Crippen molar-refractivity contribution < 1.29 is 22.6 Å². The summed E-state index contributed by atoms with van der Waals surface area (Å²) in [6.45, 7) is 4.77. The molecular formula is C30H31Cl2N5O5S. The van der Waals surface area contributed by atoms with Gasteiger partial charge in [-0.05, 0) is 55.5 Å². The van der Waals surface area contributed by atoms with E-state index < -0.39 is 15.8 Å². The van der Waals surface area contributed by atoms with Gasteiger partial charge in [0.2, 0.25) is 15.8 Å². The molecule has 3 heterocycles. The molecular weight excluding hydrogens is 613 g/mol. The minimum atomic E-state index is -3.51. The first-order chi connectivity index (χ1) is 20.7. The third kappa shape index (κ3) is 6.52. The van der Waals surface area contributed by atoms with Crippen LogP contribution in [0.3, 0.4) is 0 Å². The number of anilines is 1. The summed E-state index contributed by atoms with van der Waals surface area (Å²) in [6.07, 6.45) is 2.68. The summed E-state index contributed by atoms with van der Waals surface area (Å²) in [5.74, 6) is -0.492. The molecule has 2 saturated heterocycles. The Morgan fingerprint density at radius 2 is 1.74 bits per heavy atom. The molecule has 1 aromatic heterocycles. The Labute approximate surface area is 260 Å². The number of rotatable bonds is 9. The van der Waals surface area contributed by atoms with Crippen LogP contribution >= 0.6 is 23.2 Å². The number of piperazine rings is 1. The smallest absolute Gasteiger partial charge is 0.243 e. The first-order valence-electron chi connectivity index (χ1n) is 13.9. The number of nitrogens with zero attached hydrogens (tertiary/aromatic N) is 5. The van der Waals surface area contributed by atoms with Crippen molar-refractivity contribution in [1.29, 1.82) is 0 Å². The highest BCUT2D eigenvalue weighted by molar-refractivity contribution is 7.89. The highest BCUT2D eigenvalue weighted by Gasteiger charge is 2.45. The lowest BCUT2D eigenvalue weighted by atomic mass is 10.1. The molecule has 0 bridgehead atoms. The van der Waals surface area contributed by atoms with Gasteiger partial charge in [-0.15, -0.1) is 0 Å². The van der Waals surface area contributed by atoms with Crippen LogP contribution in [0, 0.1) is 6.92 Å². The summed E-state index contributed by atoms with van der Waals surface area (Å²) in [5.41, 5.74) is 2.68. The zero-order chi connectivity index (χ0) is 30.0. The largest absolute Gasteiger partial charge is 0.491 e. The van der Waals surface area contributed by atoms with Crippen molar-refractivity contribution in [3.63, 3.8) is 0 Å². The Morgan fingerprint density at radius 1 is 1.00 bits per heavy atom. The second-order valence-corrected chi connectivity index (χ2v) is 13.3. The molecule has 6 rings (SSSR count). The molecule has 0 radical (unpaired) electrons. The molecule has 2 atom stereocenters. The van der Waals surface area contributed by atoms with Gasteiger partial charge in [0.25, 0.3) is 0 Å². The van der Waals surface area contributed by atoms with Gasteiger partial charge in [-0.25, -0.2) is 18.1 Å². The molecule has 0 spiro atoms. The molecule has 2 aliphatic heterocycles. The van der Waals surface area contributed by atoms with Crippen LogP contribution in [0.25, 0.3) is 0 Å². The van der Waals surface area contributed by atoms with Crippen molar-refractivity contribution in [2.45, 2.75) is 30.3 Å². The molecule has 43 heavy (non-hydrogen) atoms. The van der Waals surface area contributed by atoms with Crippen molar-refractivity contribution >= 4 is 38.9 Å².